The van der Waals surface area contributed by atoms with Crippen LogP contribution in [0.25, 0.3) is 0 Å². The van der Waals surface area contributed by atoms with Gasteiger partial charge in [-0.15, -0.1) is 0 Å². The maximum Gasteiger partial charge on any atom is 0.332 e. The number of nitrogens with one attached hydrogen (secondary N) is 1. The number of primary amides is 1. The van der Waals surface area contributed by atoms with Gasteiger partial charge in [-0.3, -0.25) is 4.79 Å². The molecular formula is C15H21N3O4. The highest BCUT2D eigenvalue weighted by atomic mass is 16.5. The summed E-state index contributed by atoms with van der Waals surface area (Å²) < 4.78 is 10.4. The monoisotopic (exact) mass is 307 g/mol. The first-order valence-electron chi connectivity index (χ1n) is 7.09. The third-order valence-electron chi connectivity index (χ3n) is 2.60. The number of amides is 2. The summed E-state index contributed by atoms with van der Waals surface area (Å²) in [5.41, 5.74) is 7.79. The van der Waals surface area contributed by atoms with Crippen molar-refractivity contribution in [1.82, 2.24) is 5.43 Å². The van der Waals surface area contributed by atoms with Crippen LogP contribution in [0.4, 0.5) is 4.79 Å². The molecule has 0 saturated heterocycles. The molecule has 0 fully saturated rings. The van der Waals surface area contributed by atoms with Gasteiger partial charge in [-0.2, -0.15) is 5.10 Å². The van der Waals surface area contributed by atoms with E-state index in [-0.39, 0.29) is 5.97 Å². The first-order chi connectivity index (χ1) is 10.6. The van der Waals surface area contributed by atoms with Crippen molar-refractivity contribution < 1.29 is 19.1 Å². The highest BCUT2D eigenvalue weighted by Gasteiger charge is 2.01. The maximum atomic E-state index is 11.2. The average molecular weight is 307 g/mol. The number of urea groups is 1. The number of ether oxygens (including phenoxy) is 2. The number of rotatable bonds is 9. The van der Waals surface area contributed by atoms with Crippen LogP contribution in [0.3, 0.4) is 0 Å². The number of carbonyl (C=O) groups is 2. The smallest absolute Gasteiger partial charge is 0.332 e. The van der Waals surface area contributed by atoms with Gasteiger partial charge >= 0.3 is 12.0 Å². The molecule has 0 spiro atoms. The lowest BCUT2D eigenvalue weighted by atomic mass is 10.2. The lowest BCUT2D eigenvalue weighted by Gasteiger charge is -2.06. The van der Waals surface area contributed by atoms with Gasteiger partial charge < -0.3 is 15.2 Å². The largest absolute Gasteiger partial charge is 0.494 e. The number of hydrogen-bond donors (Lipinski definition) is 2. The third kappa shape index (κ3) is 7.88. The fourth-order valence-corrected chi connectivity index (χ4v) is 1.65. The van der Waals surface area contributed by atoms with Crippen LogP contribution in [0.5, 0.6) is 5.75 Å². The fraction of sp³-hybridized carbons (Fsp3) is 0.400. The molecule has 1 aromatic carbocycles. The molecule has 120 valence electrons. The van der Waals surface area contributed by atoms with E-state index >= 15 is 0 Å². The van der Waals surface area contributed by atoms with Gasteiger partial charge in [0.2, 0.25) is 0 Å². The normalized spacial score (nSPS) is 10.4. The van der Waals surface area contributed by atoms with E-state index in [4.69, 9.17) is 15.2 Å². The van der Waals surface area contributed by atoms with Crippen molar-refractivity contribution in [3.05, 3.63) is 29.8 Å². The van der Waals surface area contributed by atoms with Gasteiger partial charge in [0.05, 0.1) is 19.4 Å². The Labute approximate surface area is 129 Å². The second-order valence-electron chi connectivity index (χ2n) is 4.42. The molecule has 0 aromatic heterocycles. The van der Waals surface area contributed by atoms with Crippen molar-refractivity contribution in [2.75, 3.05) is 13.2 Å². The zero-order valence-corrected chi connectivity index (χ0v) is 12.6. The second kappa shape index (κ2) is 10.2. The first-order valence-corrected chi connectivity index (χ1v) is 7.09. The summed E-state index contributed by atoms with van der Waals surface area (Å²) in [7, 11) is 0. The second-order valence-corrected chi connectivity index (χ2v) is 4.42. The average Bonchev–Trinajstić information content (AvgIpc) is 2.47. The summed E-state index contributed by atoms with van der Waals surface area (Å²) in [5.74, 6) is 0.516. The minimum Gasteiger partial charge on any atom is -0.494 e. The number of carbonyl (C=O) groups excluding carboxylic acids is 2. The Morgan fingerprint density at radius 3 is 2.91 bits per heavy atom. The molecule has 2 amide bonds. The quantitative estimate of drug-likeness (QED) is 0.314. The van der Waals surface area contributed by atoms with E-state index in [2.05, 4.69) is 10.5 Å². The van der Waals surface area contributed by atoms with Crippen molar-refractivity contribution >= 4 is 18.2 Å². The molecule has 0 bridgehead atoms. The molecule has 1 aromatic rings. The van der Waals surface area contributed by atoms with Gasteiger partial charge in [0.15, 0.2) is 0 Å². The van der Waals surface area contributed by atoms with E-state index in [9.17, 15) is 9.59 Å². The molecule has 0 aliphatic carbocycles. The minimum absolute atomic E-state index is 0.178. The minimum atomic E-state index is -0.717. The Hall–Kier alpha value is -2.57. The topological polar surface area (TPSA) is 103 Å². The van der Waals surface area contributed by atoms with E-state index in [1.54, 1.807) is 13.0 Å². The molecule has 0 heterocycles. The number of hydrogen-bond acceptors (Lipinski definition) is 5. The predicted octanol–water partition coefficient (Wildman–Crippen LogP) is 1.80. The van der Waals surface area contributed by atoms with Crippen LogP contribution in [0.15, 0.2) is 29.4 Å². The number of hydrazone groups is 1. The van der Waals surface area contributed by atoms with Crippen molar-refractivity contribution in [2.24, 2.45) is 10.8 Å². The lowest BCUT2D eigenvalue weighted by molar-refractivity contribution is -0.143. The zero-order valence-electron chi connectivity index (χ0n) is 12.6. The van der Waals surface area contributed by atoms with Gasteiger partial charge in [-0.1, -0.05) is 12.1 Å². The van der Waals surface area contributed by atoms with Crippen LogP contribution in [0.2, 0.25) is 0 Å². The molecule has 0 saturated carbocycles. The van der Waals surface area contributed by atoms with E-state index in [0.29, 0.717) is 25.4 Å². The summed E-state index contributed by atoms with van der Waals surface area (Å²) in [6.07, 6.45) is 3.37. The van der Waals surface area contributed by atoms with Gasteiger partial charge in [-0.05, 0) is 37.5 Å². The highest BCUT2D eigenvalue weighted by Crippen LogP contribution is 2.12. The van der Waals surface area contributed by atoms with Crippen molar-refractivity contribution in [3.8, 4) is 5.75 Å². The first kappa shape index (κ1) is 17.5. The molecule has 0 atom stereocenters. The van der Waals surface area contributed by atoms with Crippen LogP contribution >= 0.6 is 0 Å². The van der Waals surface area contributed by atoms with E-state index in [1.165, 1.54) is 6.21 Å². The highest BCUT2D eigenvalue weighted by molar-refractivity contribution is 5.81. The Balaban J connectivity index is 2.30. The molecule has 0 unspecified atom stereocenters. The van der Waals surface area contributed by atoms with Crippen LogP contribution in [0.1, 0.15) is 31.7 Å². The Bertz CT molecular complexity index is 517. The molecular weight excluding hydrogens is 286 g/mol. The van der Waals surface area contributed by atoms with E-state index in [1.807, 2.05) is 18.2 Å². The molecule has 0 aliphatic rings. The van der Waals surface area contributed by atoms with Gasteiger partial charge in [0.25, 0.3) is 0 Å². The van der Waals surface area contributed by atoms with Crippen LogP contribution in [0, 0.1) is 0 Å². The Kier molecular flexibility index (Phi) is 8.10. The van der Waals surface area contributed by atoms with E-state index in [0.717, 1.165) is 18.4 Å². The van der Waals surface area contributed by atoms with Crippen LogP contribution < -0.4 is 15.9 Å². The summed E-state index contributed by atoms with van der Waals surface area (Å²) in [4.78, 5) is 21.6. The van der Waals surface area contributed by atoms with Gasteiger partial charge in [0.1, 0.15) is 5.75 Å². The SMILES string of the molecule is CCOC(=O)CCCCOc1cccc(C=NNC(N)=O)c1. The molecule has 22 heavy (non-hydrogen) atoms. The van der Waals surface area contributed by atoms with Crippen LogP contribution in [-0.4, -0.2) is 31.4 Å². The van der Waals surface area contributed by atoms with Crippen molar-refractivity contribution in [3.63, 3.8) is 0 Å². The number of nitrogens with two attached hydrogens (primary N) is 1. The molecule has 3 N–H and O–H groups in total. The molecule has 7 heteroatoms. The number of esters is 1. The number of benzene rings is 1. The Morgan fingerprint density at radius 2 is 2.18 bits per heavy atom. The number of nitrogens with zero attached hydrogens (tertiary/aromatic N) is 1. The summed E-state index contributed by atoms with van der Waals surface area (Å²) >= 11 is 0. The molecule has 0 radical (unpaired) electrons. The molecule has 1 rings (SSSR count). The molecule has 0 aliphatic heterocycles. The van der Waals surface area contributed by atoms with Gasteiger partial charge in [0, 0.05) is 6.42 Å². The predicted molar refractivity (Wildman–Crippen MR) is 82.7 cm³/mol. The van der Waals surface area contributed by atoms with Crippen LogP contribution in [-0.2, 0) is 9.53 Å². The fourth-order valence-electron chi connectivity index (χ4n) is 1.65. The summed E-state index contributed by atoms with van der Waals surface area (Å²) in [5, 5.41) is 3.67. The van der Waals surface area contributed by atoms with E-state index < -0.39 is 6.03 Å². The van der Waals surface area contributed by atoms with Gasteiger partial charge in [-0.25, -0.2) is 10.2 Å². The standard InChI is InChI=1S/C15H21N3O4/c1-2-21-14(19)8-3-4-9-22-13-7-5-6-12(10-13)11-17-18-15(16)20/h5-7,10-11H,2-4,8-9H2,1H3,(H3,16,18,20). The number of unbranched alkanes of at least 4 members (excludes halogenated alkanes) is 1. The Morgan fingerprint density at radius 1 is 1.36 bits per heavy atom. The summed E-state index contributed by atoms with van der Waals surface area (Å²) in [6, 6.07) is 6.53. The lowest BCUT2D eigenvalue weighted by Crippen LogP contribution is -2.24. The third-order valence-corrected chi connectivity index (χ3v) is 2.60. The maximum absolute atomic E-state index is 11.2. The summed E-state index contributed by atoms with van der Waals surface area (Å²) in [6.45, 7) is 2.71. The molecule has 7 nitrogen and oxygen atoms in total. The van der Waals surface area contributed by atoms with Crippen molar-refractivity contribution in [2.45, 2.75) is 26.2 Å². The zero-order chi connectivity index (χ0) is 16.2. The van der Waals surface area contributed by atoms with Crippen molar-refractivity contribution in [1.29, 1.82) is 0 Å².